The molecule has 0 atom stereocenters. The molecule has 0 bridgehead atoms. The van der Waals surface area contributed by atoms with Gasteiger partial charge in [0.25, 0.3) is 0 Å². The molecule has 0 unspecified atom stereocenters. The van der Waals surface area contributed by atoms with E-state index in [9.17, 15) is 4.79 Å². The highest BCUT2D eigenvalue weighted by Gasteiger charge is 2.09. The van der Waals surface area contributed by atoms with E-state index in [2.05, 4.69) is 22.8 Å². The number of carbonyl (C=O) groups excluding carboxylic acids is 1. The zero-order valence-electron chi connectivity index (χ0n) is 12.3. The highest BCUT2D eigenvalue weighted by atomic mass is 32.1. The molecule has 1 N–H and O–H groups in total. The number of benzene rings is 2. The van der Waals surface area contributed by atoms with Gasteiger partial charge in [0, 0.05) is 16.8 Å². The smallest absolute Gasteiger partial charge is 0.224 e. The van der Waals surface area contributed by atoms with Gasteiger partial charge in [-0.15, -0.1) is 11.3 Å². The molecule has 1 amide bonds. The molecule has 3 nitrogen and oxygen atoms in total. The fourth-order valence-corrected chi connectivity index (χ4v) is 3.41. The van der Waals surface area contributed by atoms with Crippen LogP contribution in [0.5, 0.6) is 5.75 Å². The Labute approximate surface area is 133 Å². The van der Waals surface area contributed by atoms with Crippen molar-refractivity contribution in [1.29, 1.82) is 0 Å². The number of carbonyl (C=O) groups is 1. The fourth-order valence-electron chi connectivity index (χ4n) is 2.45. The fraction of sp³-hybridized carbons (Fsp3) is 0.167. The first-order valence-corrected chi connectivity index (χ1v) is 7.99. The average molecular weight is 311 g/mol. The van der Waals surface area contributed by atoms with E-state index in [0.717, 1.165) is 16.9 Å². The van der Waals surface area contributed by atoms with Crippen LogP contribution in [0.4, 0.5) is 0 Å². The molecular weight excluding hydrogens is 294 g/mol. The summed E-state index contributed by atoms with van der Waals surface area (Å²) < 4.78 is 6.51. The van der Waals surface area contributed by atoms with Gasteiger partial charge in [0.1, 0.15) is 5.75 Å². The molecule has 3 rings (SSSR count). The number of ether oxygens (including phenoxy) is 1. The van der Waals surface area contributed by atoms with E-state index in [-0.39, 0.29) is 5.91 Å². The number of thiophene rings is 1. The van der Waals surface area contributed by atoms with E-state index in [1.807, 2.05) is 36.4 Å². The van der Waals surface area contributed by atoms with Crippen LogP contribution in [0.15, 0.2) is 53.9 Å². The Kier molecular flexibility index (Phi) is 4.39. The van der Waals surface area contributed by atoms with Crippen molar-refractivity contribution in [2.75, 3.05) is 7.11 Å². The van der Waals surface area contributed by atoms with Gasteiger partial charge in [0.2, 0.25) is 5.91 Å². The molecule has 0 saturated carbocycles. The highest BCUT2D eigenvalue weighted by Crippen LogP contribution is 2.26. The molecule has 22 heavy (non-hydrogen) atoms. The molecule has 2 aromatic carbocycles. The van der Waals surface area contributed by atoms with Crippen LogP contribution in [-0.4, -0.2) is 13.0 Å². The lowest BCUT2D eigenvalue weighted by atomic mass is 10.1. The van der Waals surface area contributed by atoms with Gasteiger partial charge in [0.05, 0.1) is 13.5 Å². The van der Waals surface area contributed by atoms with Crippen molar-refractivity contribution >= 4 is 27.3 Å². The summed E-state index contributed by atoms with van der Waals surface area (Å²) in [5.74, 6) is 0.818. The molecule has 0 aliphatic carbocycles. The van der Waals surface area contributed by atoms with Crippen LogP contribution in [0.3, 0.4) is 0 Å². The van der Waals surface area contributed by atoms with Crippen molar-refractivity contribution in [2.24, 2.45) is 0 Å². The zero-order valence-corrected chi connectivity index (χ0v) is 13.2. The number of rotatable bonds is 5. The van der Waals surface area contributed by atoms with E-state index in [4.69, 9.17) is 4.74 Å². The number of hydrogen-bond acceptors (Lipinski definition) is 3. The van der Waals surface area contributed by atoms with Gasteiger partial charge >= 0.3 is 0 Å². The van der Waals surface area contributed by atoms with Crippen molar-refractivity contribution in [3.05, 3.63) is 65.0 Å². The average Bonchev–Trinajstić information content (AvgIpc) is 2.96. The van der Waals surface area contributed by atoms with Crippen LogP contribution in [0.1, 0.15) is 11.1 Å². The maximum Gasteiger partial charge on any atom is 0.224 e. The van der Waals surface area contributed by atoms with Crippen LogP contribution < -0.4 is 10.1 Å². The van der Waals surface area contributed by atoms with Crippen molar-refractivity contribution in [3.63, 3.8) is 0 Å². The second-order valence-electron chi connectivity index (χ2n) is 5.02. The molecule has 0 radical (unpaired) electrons. The third-order valence-electron chi connectivity index (χ3n) is 3.58. The molecule has 0 aliphatic rings. The Morgan fingerprint density at radius 2 is 1.86 bits per heavy atom. The van der Waals surface area contributed by atoms with E-state index >= 15 is 0 Å². The van der Waals surface area contributed by atoms with Crippen molar-refractivity contribution in [3.8, 4) is 5.75 Å². The Morgan fingerprint density at radius 1 is 1.09 bits per heavy atom. The van der Waals surface area contributed by atoms with Gasteiger partial charge in [-0.25, -0.2) is 0 Å². The Balaban J connectivity index is 1.65. The number of amides is 1. The van der Waals surface area contributed by atoms with E-state index in [1.54, 1.807) is 18.4 Å². The topological polar surface area (TPSA) is 38.3 Å². The first-order chi connectivity index (χ1) is 10.8. The van der Waals surface area contributed by atoms with E-state index in [0.29, 0.717) is 13.0 Å². The normalized spacial score (nSPS) is 10.6. The van der Waals surface area contributed by atoms with Crippen LogP contribution in [0.25, 0.3) is 10.1 Å². The van der Waals surface area contributed by atoms with Gasteiger partial charge in [-0.2, -0.15) is 0 Å². The minimum atomic E-state index is 0.0226. The number of methoxy groups -OCH3 is 1. The van der Waals surface area contributed by atoms with Gasteiger partial charge < -0.3 is 10.1 Å². The molecule has 1 heterocycles. The molecule has 4 heteroatoms. The first kappa shape index (κ1) is 14.6. The Morgan fingerprint density at radius 3 is 2.73 bits per heavy atom. The van der Waals surface area contributed by atoms with Gasteiger partial charge in [-0.3, -0.25) is 4.79 Å². The van der Waals surface area contributed by atoms with Crippen LogP contribution in [0, 0.1) is 0 Å². The summed E-state index contributed by atoms with van der Waals surface area (Å²) >= 11 is 1.68. The van der Waals surface area contributed by atoms with Crippen molar-refractivity contribution < 1.29 is 9.53 Å². The second kappa shape index (κ2) is 6.62. The minimum Gasteiger partial charge on any atom is -0.496 e. The maximum atomic E-state index is 12.2. The molecular formula is C18H17NO2S. The summed E-state index contributed by atoms with van der Waals surface area (Å²) in [7, 11) is 1.64. The zero-order chi connectivity index (χ0) is 15.4. The summed E-state index contributed by atoms with van der Waals surface area (Å²) in [5, 5.41) is 6.19. The largest absolute Gasteiger partial charge is 0.496 e. The Hall–Kier alpha value is -2.33. The third-order valence-corrected chi connectivity index (χ3v) is 4.59. The summed E-state index contributed by atoms with van der Waals surface area (Å²) in [4.78, 5) is 12.2. The highest BCUT2D eigenvalue weighted by molar-refractivity contribution is 7.17. The van der Waals surface area contributed by atoms with Crippen molar-refractivity contribution in [1.82, 2.24) is 5.32 Å². The summed E-state index contributed by atoms with van der Waals surface area (Å²) in [5.41, 5.74) is 2.06. The second-order valence-corrected chi connectivity index (χ2v) is 5.93. The lowest BCUT2D eigenvalue weighted by molar-refractivity contribution is -0.120. The van der Waals surface area contributed by atoms with Gasteiger partial charge in [-0.05, 0) is 28.5 Å². The maximum absolute atomic E-state index is 12.2. The quantitative estimate of drug-likeness (QED) is 0.779. The van der Waals surface area contributed by atoms with Crippen LogP contribution in [-0.2, 0) is 17.8 Å². The van der Waals surface area contributed by atoms with Crippen LogP contribution in [0.2, 0.25) is 0 Å². The number of nitrogens with one attached hydrogen (secondary N) is 1. The van der Waals surface area contributed by atoms with Crippen LogP contribution >= 0.6 is 11.3 Å². The van der Waals surface area contributed by atoms with Crippen molar-refractivity contribution in [2.45, 2.75) is 13.0 Å². The molecule has 0 aliphatic heterocycles. The molecule has 0 saturated heterocycles. The lowest BCUT2D eigenvalue weighted by Crippen LogP contribution is -2.24. The Bertz CT molecular complexity index is 794. The van der Waals surface area contributed by atoms with E-state index in [1.165, 1.54) is 10.1 Å². The monoisotopic (exact) mass is 311 g/mol. The van der Waals surface area contributed by atoms with Gasteiger partial charge in [-0.1, -0.05) is 36.4 Å². The predicted molar refractivity (Wildman–Crippen MR) is 90.4 cm³/mol. The summed E-state index contributed by atoms with van der Waals surface area (Å²) in [6, 6.07) is 15.9. The lowest BCUT2D eigenvalue weighted by Gasteiger charge is -2.09. The molecule has 112 valence electrons. The third kappa shape index (κ3) is 3.12. The minimum absolute atomic E-state index is 0.0226. The van der Waals surface area contributed by atoms with Gasteiger partial charge in [0.15, 0.2) is 0 Å². The number of fused-ring (bicyclic) bond motifs is 1. The first-order valence-electron chi connectivity index (χ1n) is 7.11. The SMILES string of the molecule is COc1ccccc1CNC(=O)Cc1csc2ccccc12. The standard InChI is InChI=1S/C18H17NO2S/c1-21-16-8-4-2-6-13(16)11-19-18(20)10-14-12-22-17-9-5-3-7-15(14)17/h2-9,12H,10-11H2,1H3,(H,19,20). The number of para-hydroxylation sites is 1. The predicted octanol–water partition coefficient (Wildman–Crippen LogP) is 3.77. The molecule has 0 spiro atoms. The molecule has 3 aromatic rings. The molecule has 1 aromatic heterocycles. The summed E-state index contributed by atoms with van der Waals surface area (Å²) in [6.45, 7) is 0.477. The van der Waals surface area contributed by atoms with E-state index < -0.39 is 0 Å². The molecule has 0 fully saturated rings. The number of hydrogen-bond donors (Lipinski definition) is 1. The summed E-state index contributed by atoms with van der Waals surface area (Å²) in [6.07, 6.45) is 0.402.